The number of anilines is 1. The van der Waals surface area contributed by atoms with Gasteiger partial charge in [-0.05, 0) is 6.42 Å². The fraction of sp³-hybridized carbons (Fsp3) is 0.600. The summed E-state index contributed by atoms with van der Waals surface area (Å²) in [6.45, 7) is 2.49. The van der Waals surface area contributed by atoms with E-state index < -0.39 is 0 Å². The molecule has 5 heteroatoms. The largest absolute Gasteiger partial charge is 0.394 e. The van der Waals surface area contributed by atoms with Crippen molar-refractivity contribution in [2.24, 2.45) is 0 Å². The molecular weight excluding hydrogens is 194 g/mol. The van der Waals surface area contributed by atoms with Crippen molar-refractivity contribution >= 4 is 5.82 Å². The quantitative estimate of drug-likeness (QED) is 0.715. The van der Waals surface area contributed by atoms with Crippen LogP contribution in [-0.2, 0) is 11.2 Å². The Hall–Kier alpha value is -1.20. The van der Waals surface area contributed by atoms with Crippen molar-refractivity contribution in [3.63, 3.8) is 0 Å². The molecule has 0 saturated heterocycles. The van der Waals surface area contributed by atoms with E-state index in [2.05, 4.69) is 15.3 Å². The highest BCUT2D eigenvalue weighted by Gasteiger charge is 2.07. The number of aliphatic hydroxyl groups is 1. The molecule has 0 aromatic carbocycles. The summed E-state index contributed by atoms with van der Waals surface area (Å²) in [6, 6.07) is 1.74. The Bertz CT molecular complexity index is 294. The number of rotatable bonds is 6. The van der Waals surface area contributed by atoms with E-state index in [1.165, 1.54) is 6.33 Å². The predicted molar refractivity (Wildman–Crippen MR) is 57.8 cm³/mol. The van der Waals surface area contributed by atoms with E-state index in [0.717, 1.165) is 17.9 Å². The minimum absolute atomic E-state index is 0.0132. The summed E-state index contributed by atoms with van der Waals surface area (Å²) < 4.78 is 4.96. The van der Waals surface area contributed by atoms with Gasteiger partial charge in [0.1, 0.15) is 12.1 Å². The van der Waals surface area contributed by atoms with E-state index >= 15 is 0 Å². The zero-order valence-electron chi connectivity index (χ0n) is 9.10. The summed E-state index contributed by atoms with van der Waals surface area (Å²) in [4.78, 5) is 8.16. The Morgan fingerprint density at radius 1 is 1.53 bits per heavy atom. The molecule has 1 atom stereocenters. The number of hydrogen-bond donors (Lipinski definition) is 2. The molecule has 0 aliphatic heterocycles. The van der Waals surface area contributed by atoms with Crippen LogP contribution in [0.1, 0.15) is 12.6 Å². The molecule has 0 aliphatic carbocycles. The third kappa shape index (κ3) is 3.81. The molecule has 0 aliphatic rings. The summed E-state index contributed by atoms with van der Waals surface area (Å²) in [5.74, 6) is 0.720. The van der Waals surface area contributed by atoms with Gasteiger partial charge in [-0.25, -0.2) is 9.97 Å². The Balaban J connectivity index is 2.61. The summed E-state index contributed by atoms with van der Waals surface area (Å²) in [6.07, 6.45) is 2.38. The van der Waals surface area contributed by atoms with Gasteiger partial charge >= 0.3 is 0 Å². The van der Waals surface area contributed by atoms with E-state index in [4.69, 9.17) is 9.84 Å². The van der Waals surface area contributed by atoms with Gasteiger partial charge in [-0.3, -0.25) is 0 Å². The molecule has 0 fully saturated rings. The van der Waals surface area contributed by atoms with Crippen molar-refractivity contribution in [3.05, 3.63) is 18.1 Å². The first-order valence-corrected chi connectivity index (χ1v) is 4.97. The molecule has 1 aromatic heterocycles. The molecule has 0 amide bonds. The van der Waals surface area contributed by atoms with Gasteiger partial charge in [-0.15, -0.1) is 0 Å². The van der Waals surface area contributed by atoms with Crippen LogP contribution < -0.4 is 5.32 Å². The number of hydrogen-bond acceptors (Lipinski definition) is 5. The molecule has 1 heterocycles. The minimum Gasteiger partial charge on any atom is -0.394 e. The Morgan fingerprint density at radius 3 is 2.93 bits per heavy atom. The van der Waals surface area contributed by atoms with E-state index in [0.29, 0.717) is 6.61 Å². The van der Waals surface area contributed by atoms with Gasteiger partial charge in [0.05, 0.1) is 19.3 Å². The summed E-state index contributed by atoms with van der Waals surface area (Å²) >= 11 is 0. The summed E-state index contributed by atoms with van der Waals surface area (Å²) in [5, 5.41) is 12.1. The standard InChI is InChI=1S/C10H17N3O2/c1-3-8-4-10(12-7-11-8)13-9(5-14)6-15-2/h4,7,9,14H,3,5-6H2,1-2H3,(H,11,12,13). The second-order valence-corrected chi connectivity index (χ2v) is 3.23. The number of methoxy groups -OCH3 is 1. The van der Waals surface area contributed by atoms with Gasteiger partial charge in [0, 0.05) is 18.9 Å². The fourth-order valence-electron chi connectivity index (χ4n) is 1.22. The number of nitrogens with zero attached hydrogens (tertiary/aromatic N) is 2. The third-order valence-electron chi connectivity index (χ3n) is 2.03. The summed E-state index contributed by atoms with van der Waals surface area (Å²) in [5.41, 5.74) is 0.974. The van der Waals surface area contributed by atoms with Gasteiger partial charge < -0.3 is 15.2 Å². The zero-order valence-corrected chi connectivity index (χ0v) is 9.10. The average Bonchev–Trinajstić information content (AvgIpc) is 2.29. The monoisotopic (exact) mass is 211 g/mol. The van der Waals surface area contributed by atoms with Crippen LogP contribution >= 0.6 is 0 Å². The molecule has 1 rings (SSSR count). The van der Waals surface area contributed by atoms with E-state index in [-0.39, 0.29) is 12.6 Å². The van der Waals surface area contributed by atoms with Gasteiger partial charge in [0.25, 0.3) is 0 Å². The maximum absolute atomic E-state index is 9.06. The number of aromatic nitrogens is 2. The molecule has 0 saturated carbocycles. The van der Waals surface area contributed by atoms with Crippen molar-refractivity contribution in [3.8, 4) is 0 Å². The lowest BCUT2D eigenvalue weighted by Gasteiger charge is -2.15. The average molecular weight is 211 g/mol. The van der Waals surface area contributed by atoms with Gasteiger partial charge in [0.15, 0.2) is 0 Å². The Morgan fingerprint density at radius 2 is 2.33 bits per heavy atom. The molecule has 1 aromatic rings. The molecule has 5 nitrogen and oxygen atoms in total. The first-order chi connectivity index (χ1) is 7.30. The van der Waals surface area contributed by atoms with Crippen molar-refractivity contribution in [1.29, 1.82) is 0 Å². The van der Waals surface area contributed by atoms with Crippen molar-refractivity contribution in [1.82, 2.24) is 9.97 Å². The zero-order chi connectivity index (χ0) is 11.1. The van der Waals surface area contributed by atoms with Crippen molar-refractivity contribution in [2.45, 2.75) is 19.4 Å². The second kappa shape index (κ2) is 6.31. The lowest BCUT2D eigenvalue weighted by molar-refractivity contribution is 0.153. The predicted octanol–water partition coefficient (Wildman–Crippen LogP) is 0.458. The fourth-order valence-corrected chi connectivity index (χ4v) is 1.22. The van der Waals surface area contributed by atoms with Crippen LogP contribution in [0.2, 0.25) is 0 Å². The van der Waals surface area contributed by atoms with Crippen LogP contribution in [0.25, 0.3) is 0 Å². The molecule has 0 radical (unpaired) electrons. The highest BCUT2D eigenvalue weighted by molar-refractivity contribution is 5.36. The SMILES string of the molecule is CCc1cc(NC(CO)COC)ncn1. The lowest BCUT2D eigenvalue weighted by atomic mass is 10.3. The topological polar surface area (TPSA) is 67.3 Å². The van der Waals surface area contributed by atoms with E-state index in [9.17, 15) is 0 Å². The normalized spacial score (nSPS) is 12.5. The number of nitrogens with one attached hydrogen (secondary N) is 1. The third-order valence-corrected chi connectivity index (χ3v) is 2.03. The molecule has 0 spiro atoms. The van der Waals surface area contributed by atoms with Gasteiger partial charge in [-0.2, -0.15) is 0 Å². The van der Waals surface area contributed by atoms with Crippen LogP contribution in [0.3, 0.4) is 0 Å². The maximum Gasteiger partial charge on any atom is 0.129 e. The van der Waals surface area contributed by atoms with Crippen LogP contribution in [0, 0.1) is 0 Å². The van der Waals surface area contributed by atoms with E-state index in [1.807, 2.05) is 13.0 Å². The number of aliphatic hydroxyl groups excluding tert-OH is 1. The Kier molecular flexibility index (Phi) is 5.00. The minimum atomic E-state index is -0.130. The maximum atomic E-state index is 9.06. The highest BCUT2D eigenvalue weighted by Crippen LogP contribution is 2.06. The van der Waals surface area contributed by atoms with Crippen molar-refractivity contribution < 1.29 is 9.84 Å². The van der Waals surface area contributed by atoms with Crippen LogP contribution in [0.4, 0.5) is 5.82 Å². The van der Waals surface area contributed by atoms with Crippen molar-refractivity contribution in [2.75, 3.05) is 25.6 Å². The molecular formula is C10H17N3O2. The molecule has 15 heavy (non-hydrogen) atoms. The Labute approximate surface area is 89.5 Å². The van der Waals surface area contributed by atoms with Crippen LogP contribution in [0.15, 0.2) is 12.4 Å². The lowest BCUT2D eigenvalue weighted by Crippen LogP contribution is -2.29. The van der Waals surface area contributed by atoms with Gasteiger partial charge in [0.2, 0.25) is 0 Å². The first kappa shape index (κ1) is 11.9. The summed E-state index contributed by atoms with van der Waals surface area (Å²) in [7, 11) is 1.60. The number of aryl methyl sites for hydroxylation is 1. The highest BCUT2D eigenvalue weighted by atomic mass is 16.5. The molecule has 1 unspecified atom stereocenters. The molecule has 0 bridgehead atoms. The van der Waals surface area contributed by atoms with Crippen LogP contribution in [-0.4, -0.2) is 41.4 Å². The molecule has 2 N–H and O–H groups in total. The van der Waals surface area contributed by atoms with E-state index in [1.54, 1.807) is 7.11 Å². The van der Waals surface area contributed by atoms with Gasteiger partial charge in [-0.1, -0.05) is 6.92 Å². The smallest absolute Gasteiger partial charge is 0.129 e. The second-order valence-electron chi connectivity index (χ2n) is 3.23. The first-order valence-electron chi connectivity index (χ1n) is 4.97. The van der Waals surface area contributed by atoms with Crippen LogP contribution in [0.5, 0.6) is 0 Å². The number of ether oxygens (including phenoxy) is 1. The molecule has 84 valence electrons.